The molecule has 0 bridgehead atoms. The maximum Gasteiger partial charge on any atom is 0.251 e. The van der Waals surface area contributed by atoms with Crippen LogP contribution in [0.15, 0.2) is 12.1 Å². The Morgan fingerprint density at radius 3 is 2.67 bits per heavy atom. The van der Waals surface area contributed by atoms with Gasteiger partial charge in [0, 0.05) is 29.8 Å². The van der Waals surface area contributed by atoms with Crippen LogP contribution in [0.25, 0.3) is 0 Å². The molecule has 0 spiro atoms. The first-order valence-electron chi connectivity index (χ1n) is 7.31. The molecule has 1 amide bonds. The number of hydrogen-bond donors (Lipinski definition) is 1. The van der Waals surface area contributed by atoms with Crippen LogP contribution >= 0.6 is 11.6 Å². The van der Waals surface area contributed by atoms with Crippen LogP contribution in [0.3, 0.4) is 0 Å². The molecule has 1 heterocycles. The van der Waals surface area contributed by atoms with Crippen molar-refractivity contribution in [2.24, 2.45) is 0 Å². The van der Waals surface area contributed by atoms with Crippen LogP contribution in [-0.2, 0) is 10.2 Å². The van der Waals surface area contributed by atoms with Gasteiger partial charge in [-0.2, -0.15) is 0 Å². The zero-order chi connectivity index (χ0) is 15.6. The first kappa shape index (κ1) is 16.2. The van der Waals surface area contributed by atoms with Crippen LogP contribution in [0, 0.1) is 0 Å². The highest BCUT2D eigenvalue weighted by molar-refractivity contribution is 6.29. The number of hydrogen-bond acceptors (Lipinski definition) is 3. The number of carbonyl (C=O) groups is 1. The van der Waals surface area contributed by atoms with Crippen molar-refractivity contribution in [1.29, 1.82) is 0 Å². The lowest BCUT2D eigenvalue weighted by Crippen LogP contribution is -2.33. The van der Waals surface area contributed by atoms with Crippen LogP contribution in [-0.4, -0.2) is 30.1 Å². The predicted molar refractivity (Wildman–Crippen MR) is 83.8 cm³/mol. The average Bonchev–Trinajstić information content (AvgIpc) is 2.84. The van der Waals surface area contributed by atoms with E-state index in [-0.39, 0.29) is 23.5 Å². The number of aromatic nitrogens is 1. The summed E-state index contributed by atoms with van der Waals surface area (Å²) in [5.74, 6) is -0.0912. The van der Waals surface area contributed by atoms with Crippen molar-refractivity contribution < 1.29 is 9.53 Å². The van der Waals surface area contributed by atoms with E-state index in [4.69, 9.17) is 16.3 Å². The summed E-state index contributed by atoms with van der Waals surface area (Å²) in [5, 5.41) is 3.42. The van der Waals surface area contributed by atoms with E-state index in [9.17, 15) is 4.79 Å². The fraction of sp³-hybridized carbons (Fsp3) is 0.625. The molecule has 1 aromatic rings. The summed E-state index contributed by atoms with van der Waals surface area (Å²) in [6, 6.07) is 3.62. The van der Waals surface area contributed by atoms with E-state index in [0.29, 0.717) is 10.7 Å². The zero-order valence-corrected chi connectivity index (χ0v) is 13.8. The second-order valence-electron chi connectivity index (χ2n) is 6.65. The molecular weight excluding hydrogens is 288 g/mol. The Morgan fingerprint density at radius 2 is 2.10 bits per heavy atom. The van der Waals surface area contributed by atoms with Crippen LogP contribution in [0.1, 0.15) is 56.1 Å². The van der Waals surface area contributed by atoms with Crippen molar-refractivity contribution in [2.75, 3.05) is 7.11 Å². The van der Waals surface area contributed by atoms with E-state index in [2.05, 4.69) is 10.3 Å². The van der Waals surface area contributed by atoms with Crippen molar-refractivity contribution >= 4 is 17.5 Å². The van der Waals surface area contributed by atoms with Crippen molar-refractivity contribution in [2.45, 2.75) is 57.6 Å². The highest BCUT2D eigenvalue weighted by atomic mass is 35.5. The molecule has 1 aromatic heterocycles. The lowest BCUT2D eigenvalue weighted by atomic mass is 9.91. The lowest BCUT2D eigenvalue weighted by Gasteiger charge is -2.19. The van der Waals surface area contributed by atoms with Crippen molar-refractivity contribution in [3.05, 3.63) is 28.5 Å². The maximum atomic E-state index is 12.4. The third-order valence-corrected chi connectivity index (χ3v) is 4.07. The first-order valence-corrected chi connectivity index (χ1v) is 7.69. The highest BCUT2D eigenvalue weighted by Gasteiger charge is 2.26. The van der Waals surface area contributed by atoms with E-state index in [1.165, 1.54) is 0 Å². The molecule has 1 aliphatic carbocycles. The van der Waals surface area contributed by atoms with Gasteiger partial charge in [-0.15, -0.1) is 0 Å². The molecule has 116 valence electrons. The van der Waals surface area contributed by atoms with Gasteiger partial charge in [0.1, 0.15) is 5.15 Å². The van der Waals surface area contributed by atoms with Crippen molar-refractivity contribution in [3.8, 4) is 0 Å². The second kappa shape index (κ2) is 6.32. The summed E-state index contributed by atoms with van der Waals surface area (Å²) in [7, 11) is 1.72. The molecule has 1 aliphatic rings. The summed E-state index contributed by atoms with van der Waals surface area (Å²) < 4.78 is 5.33. The molecule has 1 fully saturated rings. The number of pyridine rings is 1. The Bertz CT molecular complexity index is 525. The quantitative estimate of drug-likeness (QED) is 0.871. The van der Waals surface area contributed by atoms with Crippen LogP contribution < -0.4 is 5.32 Å². The summed E-state index contributed by atoms with van der Waals surface area (Å²) >= 11 is 6.05. The standard InChI is InChI=1S/C16H23ClN2O2/c1-16(2,3)13-7-10(8-14(17)19-13)15(20)18-11-5-6-12(9-11)21-4/h7-8,11-12H,5-6,9H2,1-4H3,(H,18,20). The topological polar surface area (TPSA) is 51.2 Å². The minimum absolute atomic E-state index is 0.0912. The van der Waals surface area contributed by atoms with E-state index in [1.54, 1.807) is 13.2 Å². The van der Waals surface area contributed by atoms with Gasteiger partial charge < -0.3 is 10.1 Å². The normalized spacial score (nSPS) is 22.3. The van der Waals surface area contributed by atoms with Gasteiger partial charge in [-0.05, 0) is 31.4 Å². The van der Waals surface area contributed by atoms with E-state index in [0.717, 1.165) is 25.0 Å². The fourth-order valence-electron chi connectivity index (χ4n) is 2.57. The molecule has 0 radical (unpaired) electrons. The monoisotopic (exact) mass is 310 g/mol. The van der Waals surface area contributed by atoms with Gasteiger partial charge >= 0.3 is 0 Å². The number of ether oxygens (including phenoxy) is 1. The molecule has 0 aliphatic heterocycles. The first-order chi connectivity index (χ1) is 9.79. The number of nitrogens with one attached hydrogen (secondary N) is 1. The number of methoxy groups -OCH3 is 1. The van der Waals surface area contributed by atoms with Crippen LogP contribution in [0.4, 0.5) is 0 Å². The summed E-state index contributed by atoms with van der Waals surface area (Å²) in [6.45, 7) is 6.15. The predicted octanol–water partition coefficient (Wildman–Crippen LogP) is 3.33. The Kier molecular flexibility index (Phi) is 4.89. The van der Waals surface area contributed by atoms with Crippen LogP contribution in [0.2, 0.25) is 5.15 Å². The Hall–Kier alpha value is -1.13. The molecule has 5 heteroatoms. The third kappa shape index (κ3) is 4.17. The summed E-state index contributed by atoms with van der Waals surface area (Å²) in [4.78, 5) is 16.7. The SMILES string of the molecule is COC1CCC(NC(=O)c2cc(Cl)nc(C(C)(C)C)c2)C1. The van der Waals surface area contributed by atoms with Crippen molar-refractivity contribution in [3.63, 3.8) is 0 Å². The number of amides is 1. The van der Waals surface area contributed by atoms with Gasteiger partial charge in [0.05, 0.1) is 6.10 Å². The number of rotatable bonds is 3. The Labute approximate surface area is 131 Å². The summed E-state index contributed by atoms with van der Waals surface area (Å²) in [5.41, 5.74) is 1.25. The average molecular weight is 311 g/mol. The molecule has 4 nitrogen and oxygen atoms in total. The van der Waals surface area contributed by atoms with E-state index >= 15 is 0 Å². The summed E-state index contributed by atoms with van der Waals surface area (Å²) in [6.07, 6.45) is 3.07. The van der Waals surface area contributed by atoms with Gasteiger partial charge in [-0.25, -0.2) is 4.98 Å². The maximum absolute atomic E-state index is 12.4. The molecule has 1 saturated carbocycles. The smallest absolute Gasteiger partial charge is 0.251 e. The van der Waals surface area contributed by atoms with Gasteiger partial charge in [0.25, 0.3) is 5.91 Å². The van der Waals surface area contributed by atoms with E-state index in [1.807, 2.05) is 26.8 Å². The second-order valence-corrected chi connectivity index (χ2v) is 7.04. The molecular formula is C16H23ClN2O2. The van der Waals surface area contributed by atoms with Gasteiger partial charge in [-0.1, -0.05) is 32.4 Å². The fourth-order valence-corrected chi connectivity index (χ4v) is 2.77. The lowest BCUT2D eigenvalue weighted by molar-refractivity contribution is 0.0914. The zero-order valence-electron chi connectivity index (χ0n) is 13.1. The van der Waals surface area contributed by atoms with Crippen molar-refractivity contribution in [1.82, 2.24) is 10.3 Å². The number of halogens is 1. The third-order valence-electron chi connectivity index (χ3n) is 3.88. The Balaban J connectivity index is 2.11. The number of carbonyl (C=O) groups excluding carboxylic acids is 1. The highest BCUT2D eigenvalue weighted by Crippen LogP contribution is 2.25. The molecule has 0 saturated heterocycles. The van der Waals surface area contributed by atoms with Gasteiger partial charge in [0.15, 0.2) is 0 Å². The molecule has 2 unspecified atom stereocenters. The van der Waals surface area contributed by atoms with Gasteiger partial charge in [0.2, 0.25) is 0 Å². The Morgan fingerprint density at radius 1 is 1.38 bits per heavy atom. The minimum Gasteiger partial charge on any atom is -0.381 e. The molecule has 1 N–H and O–H groups in total. The van der Waals surface area contributed by atoms with Gasteiger partial charge in [-0.3, -0.25) is 4.79 Å². The molecule has 0 aromatic carbocycles. The van der Waals surface area contributed by atoms with E-state index < -0.39 is 0 Å². The molecule has 2 rings (SSSR count). The largest absolute Gasteiger partial charge is 0.381 e. The molecule has 2 atom stereocenters. The molecule has 21 heavy (non-hydrogen) atoms. The van der Waals surface area contributed by atoms with Crippen LogP contribution in [0.5, 0.6) is 0 Å². The minimum atomic E-state index is -0.144. The number of nitrogens with zero attached hydrogens (tertiary/aromatic N) is 1.